The summed E-state index contributed by atoms with van der Waals surface area (Å²) >= 11 is 0. The Bertz CT molecular complexity index is 904. The number of hydrogen-bond donors (Lipinski definition) is 1. The first-order valence-electron chi connectivity index (χ1n) is 10.7. The molecule has 0 aromatic heterocycles. The van der Waals surface area contributed by atoms with Gasteiger partial charge in [-0.2, -0.15) is 0 Å². The van der Waals surface area contributed by atoms with Crippen LogP contribution >= 0.6 is 0 Å². The van der Waals surface area contributed by atoms with Crippen molar-refractivity contribution < 1.29 is 17.9 Å². The van der Waals surface area contributed by atoms with Gasteiger partial charge in [0.1, 0.15) is 0 Å². The molecule has 0 spiro atoms. The van der Waals surface area contributed by atoms with Crippen LogP contribution in [0.3, 0.4) is 0 Å². The zero-order chi connectivity index (χ0) is 21.4. The van der Waals surface area contributed by atoms with Gasteiger partial charge >= 0.3 is 5.97 Å². The molecule has 1 N–H and O–H groups in total. The lowest BCUT2D eigenvalue weighted by atomic mass is 10.0. The van der Waals surface area contributed by atoms with Crippen molar-refractivity contribution in [3.8, 4) is 0 Å². The van der Waals surface area contributed by atoms with Gasteiger partial charge in [-0.25, -0.2) is 13.1 Å². The molecular weight excluding hydrogens is 398 g/mol. The van der Waals surface area contributed by atoms with Gasteiger partial charge in [-0.15, -0.1) is 0 Å². The second kappa shape index (κ2) is 10.7. The van der Waals surface area contributed by atoms with Crippen LogP contribution in [0.4, 0.5) is 0 Å². The molecule has 6 heteroatoms. The number of hydrogen-bond acceptors (Lipinski definition) is 4. The summed E-state index contributed by atoms with van der Waals surface area (Å²) in [5, 5.41) is 0. The van der Waals surface area contributed by atoms with Crippen molar-refractivity contribution in [2.45, 2.75) is 62.8 Å². The smallest absolute Gasteiger partial charge is 0.305 e. The molecule has 0 saturated heterocycles. The average molecular weight is 430 g/mol. The topological polar surface area (TPSA) is 72.5 Å². The van der Waals surface area contributed by atoms with Crippen molar-refractivity contribution >= 4 is 16.0 Å². The van der Waals surface area contributed by atoms with Crippen molar-refractivity contribution in [1.29, 1.82) is 0 Å². The van der Waals surface area contributed by atoms with E-state index in [2.05, 4.69) is 4.72 Å². The number of carbonyl (C=O) groups excluding carboxylic acids is 1. The summed E-state index contributed by atoms with van der Waals surface area (Å²) in [5.41, 5.74) is 1.84. The third-order valence-corrected chi connectivity index (χ3v) is 7.22. The number of aryl methyl sites for hydroxylation is 1. The second-order valence-electron chi connectivity index (χ2n) is 8.10. The van der Waals surface area contributed by atoms with Gasteiger partial charge in [0.05, 0.1) is 17.5 Å². The summed E-state index contributed by atoms with van der Waals surface area (Å²) in [7, 11) is -3.69. The predicted molar refractivity (Wildman–Crippen MR) is 117 cm³/mol. The molecule has 1 saturated carbocycles. The van der Waals surface area contributed by atoms with E-state index in [1.165, 1.54) is 25.7 Å². The molecule has 162 valence electrons. The number of nitrogens with one attached hydrogen (secondary N) is 1. The molecule has 1 aliphatic rings. The van der Waals surface area contributed by atoms with Crippen LogP contribution < -0.4 is 4.72 Å². The Kier molecular flexibility index (Phi) is 8.05. The lowest BCUT2D eigenvalue weighted by molar-refractivity contribution is -0.144. The van der Waals surface area contributed by atoms with Crippen LogP contribution in [0.2, 0.25) is 0 Å². The Balaban J connectivity index is 1.59. The summed E-state index contributed by atoms with van der Waals surface area (Å²) in [4.78, 5) is 12.3. The number of sulfonamides is 1. The maximum atomic E-state index is 12.9. The van der Waals surface area contributed by atoms with Gasteiger partial charge in [0.2, 0.25) is 10.0 Å². The molecule has 1 aliphatic carbocycles. The molecule has 3 rings (SSSR count). The van der Waals surface area contributed by atoms with E-state index in [4.69, 9.17) is 4.74 Å². The van der Waals surface area contributed by atoms with Crippen LogP contribution in [0.25, 0.3) is 0 Å². The SMILES string of the molecule is Cc1ccc(S(=O)(=O)N[C@@H](CCOC(=O)CCC2CCCC2)c2ccccc2)cc1. The first-order chi connectivity index (χ1) is 14.4. The molecule has 0 heterocycles. The zero-order valence-electron chi connectivity index (χ0n) is 17.5. The van der Waals surface area contributed by atoms with Crippen molar-refractivity contribution in [2.24, 2.45) is 5.92 Å². The van der Waals surface area contributed by atoms with Gasteiger partial charge in [0.15, 0.2) is 0 Å². The second-order valence-corrected chi connectivity index (χ2v) is 9.81. The molecule has 0 amide bonds. The molecule has 0 radical (unpaired) electrons. The Morgan fingerprint density at radius 1 is 1.07 bits per heavy atom. The zero-order valence-corrected chi connectivity index (χ0v) is 18.4. The fraction of sp³-hybridized carbons (Fsp3) is 0.458. The molecule has 30 heavy (non-hydrogen) atoms. The van der Waals surface area contributed by atoms with Crippen LogP contribution in [0, 0.1) is 12.8 Å². The highest BCUT2D eigenvalue weighted by molar-refractivity contribution is 7.89. The van der Waals surface area contributed by atoms with Crippen LogP contribution in [0.15, 0.2) is 59.5 Å². The highest BCUT2D eigenvalue weighted by atomic mass is 32.2. The molecule has 0 bridgehead atoms. The molecular formula is C24H31NO4S. The molecule has 2 aromatic carbocycles. The maximum absolute atomic E-state index is 12.9. The monoisotopic (exact) mass is 429 g/mol. The van der Waals surface area contributed by atoms with E-state index in [-0.39, 0.29) is 17.5 Å². The van der Waals surface area contributed by atoms with Gasteiger partial charge in [-0.1, -0.05) is 73.7 Å². The van der Waals surface area contributed by atoms with Crippen LogP contribution in [0.5, 0.6) is 0 Å². The Morgan fingerprint density at radius 3 is 2.40 bits per heavy atom. The van der Waals surface area contributed by atoms with Gasteiger partial charge in [-0.3, -0.25) is 4.79 Å². The van der Waals surface area contributed by atoms with E-state index in [0.29, 0.717) is 18.8 Å². The number of ether oxygens (including phenoxy) is 1. The maximum Gasteiger partial charge on any atom is 0.305 e. The highest BCUT2D eigenvalue weighted by Crippen LogP contribution is 2.28. The molecule has 2 aromatic rings. The lowest BCUT2D eigenvalue weighted by Crippen LogP contribution is -2.29. The average Bonchev–Trinajstić information content (AvgIpc) is 3.26. The van der Waals surface area contributed by atoms with E-state index < -0.39 is 16.1 Å². The Hall–Kier alpha value is -2.18. The first kappa shape index (κ1) is 22.5. The van der Waals surface area contributed by atoms with Gasteiger partial charge in [0, 0.05) is 12.8 Å². The number of rotatable bonds is 10. The van der Waals surface area contributed by atoms with Gasteiger partial charge < -0.3 is 4.74 Å². The van der Waals surface area contributed by atoms with Crippen molar-refractivity contribution in [2.75, 3.05) is 6.61 Å². The fourth-order valence-corrected chi connectivity index (χ4v) is 5.19. The van der Waals surface area contributed by atoms with Crippen LogP contribution in [-0.4, -0.2) is 21.0 Å². The van der Waals surface area contributed by atoms with Crippen molar-refractivity contribution in [3.05, 3.63) is 65.7 Å². The number of benzene rings is 2. The first-order valence-corrected chi connectivity index (χ1v) is 12.2. The summed E-state index contributed by atoms with van der Waals surface area (Å²) in [6.45, 7) is 2.09. The Labute approximate surface area is 179 Å². The van der Waals surface area contributed by atoms with Gasteiger partial charge in [-0.05, 0) is 37.0 Å². The molecule has 1 atom stereocenters. The Morgan fingerprint density at radius 2 is 1.73 bits per heavy atom. The van der Waals surface area contributed by atoms with Crippen LogP contribution in [0.1, 0.15) is 62.1 Å². The lowest BCUT2D eigenvalue weighted by Gasteiger charge is -2.19. The molecule has 0 unspecified atom stereocenters. The van der Waals surface area contributed by atoms with Gasteiger partial charge in [0.25, 0.3) is 0 Å². The largest absolute Gasteiger partial charge is 0.466 e. The van der Waals surface area contributed by atoms with E-state index in [0.717, 1.165) is 17.5 Å². The van der Waals surface area contributed by atoms with Crippen molar-refractivity contribution in [1.82, 2.24) is 4.72 Å². The molecule has 1 fully saturated rings. The van der Waals surface area contributed by atoms with Crippen molar-refractivity contribution in [3.63, 3.8) is 0 Å². The third kappa shape index (κ3) is 6.67. The third-order valence-electron chi connectivity index (χ3n) is 5.73. The summed E-state index contributed by atoms with van der Waals surface area (Å²) in [5.74, 6) is 0.450. The number of esters is 1. The minimum absolute atomic E-state index is 0.180. The van der Waals surface area contributed by atoms with E-state index in [9.17, 15) is 13.2 Å². The minimum atomic E-state index is -3.69. The van der Waals surface area contributed by atoms with E-state index in [1.54, 1.807) is 24.3 Å². The standard InChI is InChI=1S/C24H31NO4S/c1-19-11-14-22(15-12-19)30(27,28)25-23(21-9-3-2-4-10-21)17-18-29-24(26)16-13-20-7-5-6-8-20/h2-4,9-12,14-15,20,23,25H,5-8,13,16-18H2,1H3/t23-/m0/s1. The predicted octanol–water partition coefficient (Wildman–Crippen LogP) is 4.92. The fourth-order valence-electron chi connectivity index (χ4n) is 3.94. The van der Waals surface area contributed by atoms with E-state index >= 15 is 0 Å². The summed E-state index contributed by atoms with van der Waals surface area (Å²) in [6.07, 6.45) is 6.66. The highest BCUT2D eigenvalue weighted by Gasteiger charge is 2.22. The summed E-state index contributed by atoms with van der Waals surface area (Å²) in [6, 6.07) is 15.7. The minimum Gasteiger partial charge on any atom is -0.466 e. The normalized spacial score (nSPS) is 15.8. The molecule has 5 nitrogen and oxygen atoms in total. The quantitative estimate of drug-likeness (QED) is 0.544. The van der Waals surface area contributed by atoms with E-state index in [1.807, 2.05) is 37.3 Å². The van der Waals surface area contributed by atoms with Crippen LogP contribution in [-0.2, 0) is 19.6 Å². The number of carbonyl (C=O) groups is 1. The summed E-state index contributed by atoms with van der Waals surface area (Å²) < 4.78 is 33.9. The molecule has 0 aliphatic heterocycles.